The number of para-hydroxylation sites is 4. The second-order valence-corrected chi connectivity index (χ2v) is 15.5. The molecule has 8 fully saturated rings. The molecule has 11 rings (SSSR count). The lowest BCUT2D eigenvalue weighted by molar-refractivity contribution is -0.00832. The fraction of sp³-hybridized carbons (Fsp3) is 0.526. The van der Waals surface area contributed by atoms with Gasteiger partial charge in [-0.3, -0.25) is 0 Å². The van der Waals surface area contributed by atoms with Crippen LogP contribution in [-0.2, 0) is 10.8 Å². The Balaban J connectivity index is 1.27. The zero-order valence-electron chi connectivity index (χ0n) is 24.7. The number of nitrogen functional groups attached to an aromatic ring is 2. The van der Waals surface area contributed by atoms with Gasteiger partial charge in [0.25, 0.3) is 0 Å². The van der Waals surface area contributed by atoms with E-state index in [2.05, 4.69) is 12.1 Å². The van der Waals surface area contributed by atoms with Crippen molar-refractivity contribution in [1.82, 2.24) is 0 Å². The first-order valence-electron chi connectivity index (χ1n) is 16.7. The fourth-order valence-electron chi connectivity index (χ4n) is 11.8. The number of hydrogen-bond donors (Lipinski definition) is 2. The number of nitrogens with two attached hydrogens (primary N) is 2. The highest BCUT2D eigenvalue weighted by atomic mass is 16.5. The maximum absolute atomic E-state index is 7.09. The van der Waals surface area contributed by atoms with Crippen molar-refractivity contribution in [3.05, 3.63) is 71.8 Å². The Morgan fingerprint density at radius 2 is 0.762 bits per heavy atom. The highest BCUT2D eigenvalue weighted by Gasteiger charge is 2.55. The van der Waals surface area contributed by atoms with Crippen molar-refractivity contribution in [2.45, 2.75) is 87.9 Å². The van der Waals surface area contributed by atoms with Gasteiger partial charge >= 0.3 is 0 Å². The molecule has 3 aromatic carbocycles. The lowest BCUT2D eigenvalue weighted by Gasteiger charge is -2.58. The summed E-state index contributed by atoms with van der Waals surface area (Å²) in [4.78, 5) is 0. The Hall–Kier alpha value is -3.14. The third-order valence-electron chi connectivity index (χ3n) is 12.6. The van der Waals surface area contributed by atoms with Gasteiger partial charge < -0.3 is 20.9 Å². The minimum Gasteiger partial charge on any atom is -0.451 e. The molecule has 4 nitrogen and oxygen atoms in total. The van der Waals surface area contributed by atoms with Crippen LogP contribution in [0.2, 0.25) is 0 Å². The Morgan fingerprint density at radius 1 is 0.452 bits per heavy atom. The molecule has 0 spiro atoms. The number of rotatable bonds is 6. The molecule has 0 heterocycles. The molecule has 8 aliphatic carbocycles. The predicted octanol–water partition coefficient (Wildman–Crippen LogP) is 9.37. The van der Waals surface area contributed by atoms with Crippen molar-refractivity contribution in [3.63, 3.8) is 0 Å². The van der Waals surface area contributed by atoms with Crippen LogP contribution in [0.1, 0.15) is 88.2 Å². The molecule has 4 heteroatoms. The molecule has 4 N–H and O–H groups in total. The van der Waals surface area contributed by atoms with Gasteiger partial charge in [-0.25, -0.2) is 0 Å². The van der Waals surface area contributed by atoms with Crippen LogP contribution in [0.15, 0.2) is 60.7 Å². The Labute approximate surface area is 250 Å². The maximum atomic E-state index is 7.09. The van der Waals surface area contributed by atoms with E-state index in [1.807, 2.05) is 48.5 Å². The van der Waals surface area contributed by atoms with Crippen molar-refractivity contribution in [1.29, 1.82) is 0 Å². The van der Waals surface area contributed by atoms with Crippen molar-refractivity contribution in [3.8, 4) is 23.0 Å². The second kappa shape index (κ2) is 9.18. The van der Waals surface area contributed by atoms with E-state index in [0.717, 1.165) is 58.5 Å². The molecule has 0 aliphatic heterocycles. The number of ether oxygens (including phenoxy) is 2. The highest BCUT2D eigenvalue weighted by molar-refractivity contribution is 5.64. The zero-order chi connectivity index (χ0) is 28.1. The lowest BCUT2D eigenvalue weighted by Crippen LogP contribution is -2.49. The first-order valence-corrected chi connectivity index (χ1v) is 16.7. The van der Waals surface area contributed by atoms with Crippen LogP contribution < -0.4 is 20.9 Å². The SMILES string of the molecule is Nc1ccccc1Oc1c(C23CC4CC(CC(C4)C2)C3)ccc(C23CC4CC(CC(C4)C2)C3)c1Oc1ccccc1N. The summed E-state index contributed by atoms with van der Waals surface area (Å²) in [6, 6.07) is 20.9. The molecule has 42 heavy (non-hydrogen) atoms. The van der Waals surface area contributed by atoms with E-state index >= 15 is 0 Å². The molecule has 8 aliphatic rings. The van der Waals surface area contributed by atoms with Crippen LogP contribution in [0.5, 0.6) is 23.0 Å². The number of benzene rings is 3. The van der Waals surface area contributed by atoms with Crippen molar-refractivity contribution in [2.75, 3.05) is 11.5 Å². The van der Waals surface area contributed by atoms with Gasteiger partial charge in [-0.05, 0) is 148 Å². The Kier molecular flexibility index (Phi) is 5.54. The van der Waals surface area contributed by atoms with Crippen molar-refractivity contribution in [2.24, 2.45) is 35.5 Å². The molecule has 0 amide bonds. The van der Waals surface area contributed by atoms with E-state index in [1.165, 1.54) is 88.2 Å². The van der Waals surface area contributed by atoms with E-state index in [1.54, 1.807) is 0 Å². The van der Waals surface area contributed by atoms with Crippen LogP contribution in [0, 0.1) is 35.5 Å². The van der Waals surface area contributed by atoms with E-state index in [9.17, 15) is 0 Å². The van der Waals surface area contributed by atoms with Gasteiger partial charge in [0.1, 0.15) is 0 Å². The van der Waals surface area contributed by atoms with Crippen LogP contribution in [-0.4, -0.2) is 0 Å². The molecule has 0 aromatic heterocycles. The Morgan fingerprint density at radius 3 is 1.07 bits per heavy atom. The molecule has 0 atom stereocenters. The average Bonchev–Trinajstić information content (AvgIpc) is 2.94. The highest BCUT2D eigenvalue weighted by Crippen LogP contribution is 2.66. The normalized spacial score (nSPS) is 37.2. The third kappa shape index (κ3) is 3.93. The molecule has 0 saturated heterocycles. The minimum atomic E-state index is 0.147. The second-order valence-electron chi connectivity index (χ2n) is 15.5. The van der Waals surface area contributed by atoms with Gasteiger partial charge in [0.15, 0.2) is 23.0 Å². The van der Waals surface area contributed by atoms with Crippen molar-refractivity contribution < 1.29 is 9.47 Å². The molecule has 218 valence electrons. The Bertz CT molecular complexity index is 1360. The lowest BCUT2D eigenvalue weighted by atomic mass is 9.47. The van der Waals surface area contributed by atoms with E-state index in [4.69, 9.17) is 20.9 Å². The van der Waals surface area contributed by atoms with Crippen molar-refractivity contribution >= 4 is 11.4 Å². The average molecular weight is 561 g/mol. The van der Waals surface area contributed by atoms with Gasteiger partial charge in [-0.15, -0.1) is 0 Å². The topological polar surface area (TPSA) is 70.5 Å². The summed E-state index contributed by atoms with van der Waals surface area (Å²) in [6.45, 7) is 0. The predicted molar refractivity (Wildman–Crippen MR) is 168 cm³/mol. The molecular weight excluding hydrogens is 516 g/mol. The molecule has 8 saturated carbocycles. The zero-order valence-corrected chi connectivity index (χ0v) is 24.7. The molecular formula is C38H44N2O2. The molecule has 0 unspecified atom stereocenters. The summed E-state index contributed by atoms with van der Waals surface area (Å²) < 4.78 is 14.2. The van der Waals surface area contributed by atoms with Gasteiger partial charge in [0.2, 0.25) is 0 Å². The van der Waals surface area contributed by atoms with E-state index in [-0.39, 0.29) is 10.8 Å². The van der Waals surface area contributed by atoms with Crippen LogP contribution in [0.3, 0.4) is 0 Å². The third-order valence-corrected chi connectivity index (χ3v) is 12.6. The van der Waals surface area contributed by atoms with Crippen LogP contribution in [0.25, 0.3) is 0 Å². The molecule has 8 bridgehead atoms. The van der Waals surface area contributed by atoms with Gasteiger partial charge in [0, 0.05) is 11.1 Å². The molecule has 0 radical (unpaired) electrons. The van der Waals surface area contributed by atoms with Crippen LogP contribution in [0.4, 0.5) is 11.4 Å². The summed E-state index contributed by atoms with van der Waals surface area (Å²) >= 11 is 0. The quantitative estimate of drug-likeness (QED) is 0.295. The smallest absolute Gasteiger partial charge is 0.174 e. The first kappa shape index (κ1) is 25.4. The monoisotopic (exact) mass is 560 g/mol. The van der Waals surface area contributed by atoms with Crippen LogP contribution >= 0.6 is 0 Å². The van der Waals surface area contributed by atoms with Gasteiger partial charge in [-0.1, -0.05) is 36.4 Å². The van der Waals surface area contributed by atoms with Gasteiger partial charge in [0.05, 0.1) is 11.4 Å². The van der Waals surface area contributed by atoms with Gasteiger partial charge in [-0.2, -0.15) is 0 Å². The first-order chi connectivity index (χ1) is 20.5. The summed E-state index contributed by atoms with van der Waals surface area (Å²) in [6.07, 6.45) is 16.1. The summed E-state index contributed by atoms with van der Waals surface area (Å²) in [5.41, 5.74) is 17.4. The number of hydrogen-bond acceptors (Lipinski definition) is 4. The number of anilines is 2. The van der Waals surface area contributed by atoms with E-state index < -0.39 is 0 Å². The summed E-state index contributed by atoms with van der Waals surface area (Å²) in [5, 5.41) is 0. The summed E-state index contributed by atoms with van der Waals surface area (Å²) in [7, 11) is 0. The maximum Gasteiger partial charge on any atom is 0.174 e. The fourth-order valence-corrected chi connectivity index (χ4v) is 11.8. The minimum absolute atomic E-state index is 0.147. The van der Waals surface area contributed by atoms with E-state index in [0.29, 0.717) is 11.4 Å². The molecule has 3 aromatic rings. The standard InChI is InChI=1S/C38H44N2O2/c39-31-5-1-3-7-33(31)41-35-29(37-17-23-11-24(18-37)13-25(12-23)19-37)9-10-30(36(35)42-34-8-4-2-6-32(34)40)38-20-26-14-27(21-38)16-28(15-26)22-38/h1-10,23-28H,11-22,39-40H2. The summed E-state index contributed by atoms with van der Waals surface area (Å²) in [5.74, 6) is 8.27. The largest absolute Gasteiger partial charge is 0.451 e.